The van der Waals surface area contributed by atoms with Crippen LogP contribution in [0.4, 0.5) is 5.69 Å². The van der Waals surface area contributed by atoms with Crippen molar-refractivity contribution in [3.05, 3.63) is 54.6 Å². The Morgan fingerprint density at radius 2 is 2.24 bits per heavy atom. The molecule has 0 atom stereocenters. The highest BCUT2D eigenvalue weighted by atomic mass is 16.4. The van der Waals surface area contributed by atoms with Crippen molar-refractivity contribution < 1.29 is 14.3 Å². The van der Waals surface area contributed by atoms with E-state index < -0.39 is 5.97 Å². The molecule has 0 aliphatic heterocycles. The summed E-state index contributed by atoms with van der Waals surface area (Å²) in [5.41, 5.74) is 0.784. The van der Waals surface area contributed by atoms with Crippen LogP contribution in [0.1, 0.15) is 16.3 Å². The molecule has 106 valence electrons. The average molecular weight is 285 g/mol. The van der Waals surface area contributed by atoms with Crippen LogP contribution in [-0.2, 0) is 6.54 Å². The van der Waals surface area contributed by atoms with Crippen LogP contribution < -0.4 is 5.32 Å². The molecule has 0 saturated carbocycles. The second-order valence-electron chi connectivity index (χ2n) is 4.17. The van der Waals surface area contributed by atoms with Crippen LogP contribution in [0.5, 0.6) is 0 Å². The van der Waals surface area contributed by atoms with Gasteiger partial charge in [-0.3, -0.25) is 0 Å². The van der Waals surface area contributed by atoms with E-state index >= 15 is 0 Å². The van der Waals surface area contributed by atoms with Gasteiger partial charge in [-0.25, -0.2) is 19.4 Å². The Labute approximate surface area is 119 Å². The molecule has 21 heavy (non-hydrogen) atoms. The molecule has 0 radical (unpaired) electrons. The molecule has 3 rings (SSSR count). The number of pyridine rings is 1. The van der Waals surface area contributed by atoms with Gasteiger partial charge in [0.25, 0.3) is 0 Å². The Morgan fingerprint density at radius 1 is 1.33 bits per heavy atom. The van der Waals surface area contributed by atoms with E-state index in [0.717, 1.165) is 5.69 Å². The van der Waals surface area contributed by atoms with Gasteiger partial charge >= 0.3 is 5.97 Å². The molecular weight excluding hydrogens is 274 g/mol. The van der Waals surface area contributed by atoms with Gasteiger partial charge in [0.15, 0.2) is 5.82 Å². The van der Waals surface area contributed by atoms with Gasteiger partial charge < -0.3 is 14.8 Å². The number of aromatic carboxylic acids is 1. The molecular formula is C13H11N5O3. The van der Waals surface area contributed by atoms with E-state index in [4.69, 9.17) is 9.52 Å². The molecule has 0 aliphatic carbocycles. The Bertz CT molecular complexity index is 734. The number of nitrogens with one attached hydrogen (secondary N) is 1. The fourth-order valence-corrected chi connectivity index (χ4v) is 1.73. The Balaban J connectivity index is 1.64. The smallest absolute Gasteiger partial charge is 0.371 e. The maximum Gasteiger partial charge on any atom is 0.371 e. The largest absolute Gasteiger partial charge is 0.475 e. The third-order valence-corrected chi connectivity index (χ3v) is 2.74. The molecule has 3 aromatic heterocycles. The summed E-state index contributed by atoms with van der Waals surface area (Å²) < 4.78 is 6.70. The zero-order chi connectivity index (χ0) is 14.7. The van der Waals surface area contributed by atoms with Crippen molar-refractivity contribution in [2.24, 2.45) is 0 Å². The van der Waals surface area contributed by atoms with Crippen molar-refractivity contribution in [1.82, 2.24) is 19.7 Å². The van der Waals surface area contributed by atoms with E-state index in [1.165, 1.54) is 12.4 Å². The minimum atomic E-state index is -1.08. The number of carboxylic acid groups (broad SMARTS) is 1. The van der Waals surface area contributed by atoms with Gasteiger partial charge in [0.1, 0.15) is 18.4 Å². The second-order valence-corrected chi connectivity index (χ2v) is 4.17. The summed E-state index contributed by atoms with van der Waals surface area (Å²) >= 11 is 0. The minimum Gasteiger partial charge on any atom is -0.475 e. The van der Waals surface area contributed by atoms with Crippen LogP contribution in [0.25, 0.3) is 5.82 Å². The molecule has 0 fully saturated rings. The standard InChI is InChI=1S/C13H11N5O3/c19-13(20)11-3-2-10(21-11)6-15-9-1-4-12(16-5-9)18-8-14-7-17-18/h1-5,7-8,15H,6H2,(H,19,20). The third kappa shape index (κ3) is 2.89. The van der Waals surface area contributed by atoms with Gasteiger partial charge in [-0.15, -0.1) is 0 Å². The summed E-state index contributed by atoms with van der Waals surface area (Å²) in [6.45, 7) is 0.373. The zero-order valence-electron chi connectivity index (χ0n) is 10.8. The monoisotopic (exact) mass is 285 g/mol. The normalized spacial score (nSPS) is 10.5. The quantitative estimate of drug-likeness (QED) is 0.732. The molecule has 0 amide bonds. The van der Waals surface area contributed by atoms with Crippen LogP contribution in [0, 0.1) is 0 Å². The number of anilines is 1. The number of rotatable bonds is 5. The fourth-order valence-electron chi connectivity index (χ4n) is 1.73. The number of aromatic nitrogens is 4. The maximum atomic E-state index is 10.7. The molecule has 8 heteroatoms. The first-order valence-corrected chi connectivity index (χ1v) is 6.09. The average Bonchev–Trinajstić information content (AvgIpc) is 3.17. The molecule has 8 nitrogen and oxygen atoms in total. The molecule has 3 heterocycles. The minimum absolute atomic E-state index is 0.0774. The highest BCUT2D eigenvalue weighted by Crippen LogP contribution is 2.12. The van der Waals surface area contributed by atoms with Crippen LogP contribution in [0.2, 0.25) is 0 Å². The molecule has 0 aliphatic rings. The number of carbonyl (C=O) groups is 1. The predicted molar refractivity (Wildman–Crippen MR) is 72.1 cm³/mol. The van der Waals surface area contributed by atoms with Crippen molar-refractivity contribution in [3.8, 4) is 5.82 Å². The van der Waals surface area contributed by atoms with Gasteiger partial charge in [0, 0.05) is 0 Å². The van der Waals surface area contributed by atoms with E-state index in [-0.39, 0.29) is 5.76 Å². The van der Waals surface area contributed by atoms with E-state index in [1.807, 2.05) is 6.07 Å². The summed E-state index contributed by atoms with van der Waals surface area (Å²) in [7, 11) is 0. The summed E-state index contributed by atoms with van der Waals surface area (Å²) in [6.07, 6.45) is 4.65. The fraction of sp³-hybridized carbons (Fsp3) is 0.0769. The number of hydrogen-bond acceptors (Lipinski definition) is 6. The molecule has 0 saturated heterocycles. The Hall–Kier alpha value is -3.16. The van der Waals surface area contributed by atoms with E-state index in [0.29, 0.717) is 18.1 Å². The topological polar surface area (TPSA) is 106 Å². The first kappa shape index (κ1) is 12.9. The van der Waals surface area contributed by atoms with Gasteiger partial charge in [-0.05, 0) is 24.3 Å². The third-order valence-electron chi connectivity index (χ3n) is 2.74. The number of nitrogens with zero attached hydrogens (tertiary/aromatic N) is 4. The van der Waals surface area contributed by atoms with Crippen molar-refractivity contribution in [3.63, 3.8) is 0 Å². The van der Waals surface area contributed by atoms with Crippen molar-refractivity contribution in [1.29, 1.82) is 0 Å². The summed E-state index contributed by atoms with van der Waals surface area (Å²) in [5.74, 6) is 0.0310. The predicted octanol–water partition coefficient (Wildman–Crippen LogP) is 1.57. The number of furan rings is 1. The van der Waals surface area contributed by atoms with Gasteiger partial charge in [0.05, 0.1) is 18.4 Å². The second kappa shape index (κ2) is 5.45. The highest BCUT2D eigenvalue weighted by Gasteiger charge is 2.08. The van der Waals surface area contributed by atoms with Crippen LogP contribution in [0.3, 0.4) is 0 Å². The van der Waals surface area contributed by atoms with E-state index in [9.17, 15) is 4.79 Å². The van der Waals surface area contributed by atoms with Crippen LogP contribution >= 0.6 is 0 Å². The summed E-state index contributed by atoms with van der Waals surface area (Å²) in [5, 5.41) is 15.8. The molecule has 0 spiro atoms. The number of carboxylic acids is 1. The highest BCUT2D eigenvalue weighted by molar-refractivity contribution is 5.84. The van der Waals surface area contributed by atoms with Gasteiger partial charge in [0.2, 0.25) is 5.76 Å². The first-order chi connectivity index (χ1) is 10.2. The van der Waals surface area contributed by atoms with Crippen LogP contribution in [-0.4, -0.2) is 30.8 Å². The first-order valence-electron chi connectivity index (χ1n) is 6.09. The lowest BCUT2D eigenvalue weighted by Crippen LogP contribution is -2.01. The SMILES string of the molecule is O=C(O)c1ccc(CNc2ccc(-n3cncn3)nc2)o1. The maximum absolute atomic E-state index is 10.7. The lowest BCUT2D eigenvalue weighted by atomic mass is 10.3. The lowest BCUT2D eigenvalue weighted by molar-refractivity contribution is 0.0660. The van der Waals surface area contributed by atoms with Crippen LogP contribution in [0.15, 0.2) is 47.5 Å². The molecule has 0 aromatic carbocycles. The zero-order valence-corrected chi connectivity index (χ0v) is 10.8. The summed E-state index contributed by atoms with van der Waals surface area (Å²) in [4.78, 5) is 18.8. The van der Waals surface area contributed by atoms with Gasteiger partial charge in [-0.1, -0.05) is 0 Å². The van der Waals surface area contributed by atoms with E-state index in [1.54, 1.807) is 29.3 Å². The van der Waals surface area contributed by atoms with Crippen molar-refractivity contribution >= 4 is 11.7 Å². The van der Waals surface area contributed by atoms with Crippen molar-refractivity contribution in [2.75, 3.05) is 5.32 Å². The Kier molecular flexibility index (Phi) is 3.34. The molecule has 3 aromatic rings. The number of hydrogen-bond donors (Lipinski definition) is 2. The van der Waals surface area contributed by atoms with Gasteiger partial charge in [-0.2, -0.15) is 5.10 Å². The van der Waals surface area contributed by atoms with E-state index in [2.05, 4.69) is 20.4 Å². The van der Waals surface area contributed by atoms with Crippen molar-refractivity contribution in [2.45, 2.75) is 6.54 Å². The molecule has 0 unspecified atom stereocenters. The summed E-state index contributed by atoms with van der Waals surface area (Å²) in [6, 6.07) is 6.67. The molecule has 2 N–H and O–H groups in total. The Morgan fingerprint density at radius 3 is 2.86 bits per heavy atom. The molecule has 0 bridgehead atoms. The lowest BCUT2D eigenvalue weighted by Gasteiger charge is -2.05.